The van der Waals surface area contributed by atoms with Crippen LogP contribution in [0, 0.1) is 11.8 Å². The van der Waals surface area contributed by atoms with Crippen molar-refractivity contribution in [1.82, 2.24) is 19.2 Å². The number of rotatable bonds is 10. The number of sulfonamides is 2. The van der Waals surface area contributed by atoms with Gasteiger partial charge in [0.15, 0.2) is 0 Å². The second-order valence-electron chi connectivity index (χ2n) is 13.9. The third kappa shape index (κ3) is 8.09. The summed E-state index contributed by atoms with van der Waals surface area (Å²) in [4.78, 5) is 26.5. The molecule has 4 fully saturated rings. The summed E-state index contributed by atoms with van der Waals surface area (Å²) in [6.45, 7) is 2.13. The Hall–Kier alpha value is -2.80. The molecule has 4 aliphatic rings. The first-order chi connectivity index (χ1) is 22.6. The van der Waals surface area contributed by atoms with E-state index < -0.39 is 20.0 Å². The lowest BCUT2D eigenvalue weighted by Crippen LogP contribution is -2.39. The van der Waals surface area contributed by atoms with Crippen LogP contribution in [0.3, 0.4) is 0 Å². The van der Waals surface area contributed by atoms with Gasteiger partial charge in [-0.1, -0.05) is 12.1 Å². The van der Waals surface area contributed by atoms with Crippen LogP contribution in [0.2, 0.25) is 0 Å². The van der Waals surface area contributed by atoms with Crippen molar-refractivity contribution in [2.45, 2.75) is 105 Å². The van der Waals surface area contributed by atoms with Crippen LogP contribution in [0.15, 0.2) is 58.3 Å². The highest BCUT2D eigenvalue weighted by Gasteiger charge is 2.31. The molecule has 0 spiro atoms. The molecule has 0 unspecified atom stereocenters. The first-order valence-corrected chi connectivity index (χ1v) is 20.3. The van der Waals surface area contributed by atoms with Crippen LogP contribution in [0.1, 0.15) is 104 Å². The fraction of sp³-hybridized carbons (Fsp3) is 0.600. The van der Waals surface area contributed by atoms with Gasteiger partial charge in [0.05, 0.1) is 9.79 Å². The molecule has 0 bridgehead atoms. The normalized spacial score (nSPS) is 26.2. The van der Waals surface area contributed by atoms with Crippen molar-refractivity contribution in [1.29, 1.82) is 0 Å². The van der Waals surface area contributed by atoms with Crippen molar-refractivity contribution in [2.75, 3.05) is 26.2 Å². The Bertz CT molecular complexity index is 1510. The van der Waals surface area contributed by atoms with E-state index in [0.29, 0.717) is 49.1 Å². The van der Waals surface area contributed by atoms with Gasteiger partial charge in [0, 0.05) is 49.4 Å². The molecule has 2 aliphatic carbocycles. The predicted octanol–water partition coefficient (Wildman–Crippen LogP) is 4.92. The number of nitrogens with zero attached hydrogens (tertiary/aromatic N) is 2. The van der Waals surface area contributed by atoms with Crippen LogP contribution in [0.25, 0.3) is 0 Å². The molecule has 12 heteroatoms. The molecule has 2 amide bonds. The SMILES string of the molecule is O=C(NC1CCC(CC2CCC(NC(=O)c3cccc(S(=O)(=O)N4CCCC4)c3)CC2)CC1)c1cccc(S(=O)(=O)N2CCCC2)c1. The molecule has 2 N–H and O–H groups in total. The van der Waals surface area contributed by atoms with Gasteiger partial charge in [-0.05, 0) is 132 Å². The molecular formula is C35H48N4O6S2. The van der Waals surface area contributed by atoms with Crippen molar-refractivity contribution in [3.63, 3.8) is 0 Å². The van der Waals surface area contributed by atoms with Gasteiger partial charge in [-0.25, -0.2) is 16.8 Å². The Balaban J connectivity index is 0.924. The van der Waals surface area contributed by atoms with E-state index in [4.69, 9.17) is 0 Å². The highest BCUT2D eigenvalue weighted by Crippen LogP contribution is 2.36. The Morgan fingerprint density at radius 1 is 0.574 bits per heavy atom. The third-order valence-electron chi connectivity index (χ3n) is 10.6. The molecule has 2 heterocycles. The zero-order valence-corrected chi connectivity index (χ0v) is 28.7. The molecule has 0 atom stereocenters. The van der Waals surface area contributed by atoms with Crippen LogP contribution >= 0.6 is 0 Å². The summed E-state index contributed by atoms with van der Waals surface area (Å²) in [6.07, 6.45) is 12.5. The zero-order valence-electron chi connectivity index (χ0n) is 27.1. The van der Waals surface area contributed by atoms with Crippen molar-refractivity contribution < 1.29 is 26.4 Å². The summed E-state index contributed by atoms with van der Waals surface area (Å²) in [5.41, 5.74) is 0.770. The quantitative estimate of drug-likeness (QED) is 0.365. The monoisotopic (exact) mass is 684 g/mol. The smallest absolute Gasteiger partial charge is 0.251 e. The predicted molar refractivity (Wildman–Crippen MR) is 180 cm³/mol. The van der Waals surface area contributed by atoms with Crippen LogP contribution in [0.5, 0.6) is 0 Å². The summed E-state index contributed by atoms with van der Waals surface area (Å²) in [7, 11) is -7.14. The van der Waals surface area contributed by atoms with Gasteiger partial charge in [-0.15, -0.1) is 0 Å². The maximum Gasteiger partial charge on any atom is 0.251 e. The maximum absolute atomic E-state index is 13.0. The third-order valence-corrected chi connectivity index (χ3v) is 14.4. The minimum Gasteiger partial charge on any atom is -0.349 e. The molecule has 0 aromatic heterocycles. The zero-order chi connectivity index (χ0) is 33.0. The number of hydrogen-bond acceptors (Lipinski definition) is 6. The first-order valence-electron chi connectivity index (χ1n) is 17.4. The number of nitrogens with one attached hydrogen (secondary N) is 2. The van der Waals surface area contributed by atoms with Gasteiger partial charge in [0.2, 0.25) is 20.0 Å². The highest BCUT2D eigenvalue weighted by molar-refractivity contribution is 7.89. The van der Waals surface area contributed by atoms with Gasteiger partial charge in [-0.2, -0.15) is 8.61 Å². The Morgan fingerprint density at radius 2 is 0.936 bits per heavy atom. The van der Waals surface area contributed by atoms with Crippen LogP contribution < -0.4 is 10.6 Å². The van der Waals surface area contributed by atoms with Crippen molar-refractivity contribution in [3.8, 4) is 0 Å². The Morgan fingerprint density at radius 3 is 1.30 bits per heavy atom. The second-order valence-corrected chi connectivity index (χ2v) is 17.8. The van der Waals surface area contributed by atoms with E-state index in [-0.39, 0.29) is 33.7 Å². The van der Waals surface area contributed by atoms with E-state index in [0.717, 1.165) is 83.5 Å². The largest absolute Gasteiger partial charge is 0.349 e. The molecule has 10 nitrogen and oxygen atoms in total. The molecule has 2 aromatic rings. The fourth-order valence-electron chi connectivity index (χ4n) is 7.84. The Kier molecular flexibility index (Phi) is 10.7. The van der Waals surface area contributed by atoms with Crippen LogP contribution in [0.4, 0.5) is 0 Å². The average molecular weight is 685 g/mol. The summed E-state index contributed by atoms with van der Waals surface area (Å²) < 4.78 is 54.8. The molecule has 256 valence electrons. The topological polar surface area (TPSA) is 133 Å². The molecule has 6 rings (SSSR count). The Labute approximate surface area is 279 Å². The summed E-state index contributed by atoms with van der Waals surface area (Å²) >= 11 is 0. The minimum absolute atomic E-state index is 0.0902. The number of amides is 2. The van der Waals surface area contributed by atoms with E-state index in [2.05, 4.69) is 10.6 Å². The number of benzene rings is 2. The lowest BCUT2D eigenvalue weighted by Gasteiger charge is -2.34. The highest BCUT2D eigenvalue weighted by atomic mass is 32.2. The molecule has 2 aliphatic heterocycles. The van der Waals surface area contributed by atoms with E-state index in [1.54, 1.807) is 36.4 Å². The van der Waals surface area contributed by atoms with Gasteiger partial charge in [-0.3, -0.25) is 9.59 Å². The molecule has 2 aromatic carbocycles. The molecular weight excluding hydrogens is 637 g/mol. The number of hydrogen-bond donors (Lipinski definition) is 2. The maximum atomic E-state index is 13.0. The summed E-state index contributed by atoms with van der Waals surface area (Å²) in [6, 6.07) is 13.0. The lowest BCUT2D eigenvalue weighted by atomic mass is 9.75. The second kappa shape index (κ2) is 14.8. The van der Waals surface area contributed by atoms with E-state index in [1.165, 1.54) is 20.7 Å². The van der Waals surface area contributed by atoms with Gasteiger partial charge >= 0.3 is 0 Å². The fourth-order valence-corrected chi connectivity index (χ4v) is 11.0. The minimum atomic E-state index is -3.57. The van der Waals surface area contributed by atoms with Crippen molar-refractivity contribution in [2.24, 2.45) is 11.8 Å². The molecule has 2 saturated carbocycles. The van der Waals surface area contributed by atoms with E-state index in [1.807, 2.05) is 0 Å². The molecule has 47 heavy (non-hydrogen) atoms. The van der Waals surface area contributed by atoms with Gasteiger partial charge in [0.25, 0.3) is 11.8 Å². The summed E-state index contributed by atoms with van der Waals surface area (Å²) in [5.74, 6) is 0.807. The van der Waals surface area contributed by atoms with Gasteiger partial charge in [0.1, 0.15) is 0 Å². The standard InChI is InChI=1S/C35H48N4O6S2/c40-34(28-7-5-9-32(24-28)46(42,43)38-19-1-2-20-38)36-30-15-11-26(12-16-30)23-27-13-17-31(18-14-27)37-35(41)29-8-6-10-33(25-29)47(44,45)39-21-3-4-22-39/h5-10,24-27,30-31H,1-4,11-23H2,(H,36,40)(H,37,41). The molecule has 0 radical (unpaired) electrons. The number of carbonyl (C=O) groups excluding carboxylic acids is 2. The van der Waals surface area contributed by atoms with Gasteiger partial charge < -0.3 is 10.6 Å². The van der Waals surface area contributed by atoms with Crippen LogP contribution in [-0.2, 0) is 20.0 Å². The lowest BCUT2D eigenvalue weighted by molar-refractivity contribution is 0.0917. The first kappa shape index (κ1) is 34.1. The summed E-state index contributed by atoms with van der Waals surface area (Å²) in [5, 5.41) is 6.29. The van der Waals surface area contributed by atoms with Crippen LogP contribution in [-0.4, -0.2) is 75.5 Å². The van der Waals surface area contributed by atoms with Crippen molar-refractivity contribution >= 4 is 31.9 Å². The van der Waals surface area contributed by atoms with E-state index >= 15 is 0 Å². The molecule has 2 saturated heterocycles. The van der Waals surface area contributed by atoms with Crippen molar-refractivity contribution in [3.05, 3.63) is 59.7 Å². The average Bonchev–Trinajstić information content (AvgIpc) is 3.83. The van der Waals surface area contributed by atoms with E-state index in [9.17, 15) is 26.4 Å². The number of carbonyl (C=O) groups is 2.